The topological polar surface area (TPSA) is 67.2 Å². The van der Waals surface area contributed by atoms with Crippen LogP contribution < -0.4 is 0 Å². The Hall–Kier alpha value is -3.42. The van der Waals surface area contributed by atoms with Gasteiger partial charge >= 0.3 is 6.09 Å². The molecule has 0 radical (unpaired) electrons. The summed E-state index contributed by atoms with van der Waals surface area (Å²) in [6.07, 6.45) is 2.46. The molecule has 1 saturated heterocycles. The third-order valence-corrected chi connectivity index (χ3v) is 6.12. The lowest BCUT2D eigenvalue weighted by atomic mass is 10.1. The van der Waals surface area contributed by atoms with E-state index in [-0.39, 0.29) is 24.2 Å². The van der Waals surface area contributed by atoms with Crippen molar-refractivity contribution in [2.24, 2.45) is 0 Å². The van der Waals surface area contributed by atoms with Gasteiger partial charge < -0.3 is 18.9 Å². The number of carbonyl (C=O) groups excluding carboxylic acids is 2. The number of aromatic nitrogens is 2. The Balaban J connectivity index is 1.58. The summed E-state index contributed by atoms with van der Waals surface area (Å²) >= 11 is 0. The number of imidazole rings is 1. The molecule has 35 heavy (non-hydrogen) atoms. The van der Waals surface area contributed by atoms with E-state index in [0.717, 1.165) is 22.5 Å². The van der Waals surface area contributed by atoms with Gasteiger partial charge in [0, 0.05) is 37.9 Å². The van der Waals surface area contributed by atoms with Gasteiger partial charge in [-0.2, -0.15) is 0 Å². The molecular formula is C27H33FN4O3. The summed E-state index contributed by atoms with van der Waals surface area (Å²) in [7, 11) is 0. The van der Waals surface area contributed by atoms with Gasteiger partial charge in [0.1, 0.15) is 17.1 Å². The Morgan fingerprint density at radius 2 is 1.74 bits per heavy atom. The third-order valence-electron chi connectivity index (χ3n) is 6.12. The maximum atomic E-state index is 13.9. The molecule has 186 valence electrons. The van der Waals surface area contributed by atoms with Crippen molar-refractivity contribution >= 4 is 17.6 Å². The zero-order chi connectivity index (χ0) is 25.3. The molecule has 0 spiro atoms. The first kappa shape index (κ1) is 24.7. The first-order valence-corrected chi connectivity index (χ1v) is 12.0. The van der Waals surface area contributed by atoms with Crippen LogP contribution in [-0.4, -0.2) is 63.0 Å². The molecule has 0 bridgehead atoms. The van der Waals surface area contributed by atoms with Crippen LogP contribution in [0.15, 0.2) is 36.5 Å². The number of rotatable bonds is 3. The molecule has 2 aromatic heterocycles. The Morgan fingerprint density at radius 3 is 2.46 bits per heavy atom. The Morgan fingerprint density at radius 1 is 1.03 bits per heavy atom. The highest BCUT2D eigenvalue weighted by Crippen LogP contribution is 2.27. The van der Waals surface area contributed by atoms with E-state index in [1.54, 1.807) is 28.9 Å². The van der Waals surface area contributed by atoms with Gasteiger partial charge in [-0.25, -0.2) is 14.2 Å². The SMILES string of the molecule is Cc1ccc2nc(-c3ccc(F)c(C)c3)c(CC(=O)N3CCCN(C(=O)OC(C)(C)C)CC3)n2c1. The number of carbonyl (C=O) groups is 2. The second kappa shape index (κ2) is 9.68. The fourth-order valence-corrected chi connectivity index (χ4v) is 4.32. The van der Waals surface area contributed by atoms with Gasteiger partial charge in [-0.3, -0.25) is 4.79 Å². The number of amides is 2. The highest BCUT2D eigenvalue weighted by atomic mass is 19.1. The average Bonchev–Trinajstić information content (AvgIpc) is 2.95. The van der Waals surface area contributed by atoms with Gasteiger partial charge in [0.25, 0.3) is 0 Å². The maximum absolute atomic E-state index is 13.9. The standard InChI is InChI=1S/C27H33FN4O3/c1-18-7-10-23-29-25(20-8-9-21(28)19(2)15-20)22(32(23)17-18)16-24(33)30-11-6-12-31(14-13-30)26(34)35-27(3,4)5/h7-10,15,17H,6,11-14,16H2,1-5H3. The van der Waals surface area contributed by atoms with Crippen LogP contribution in [0.2, 0.25) is 0 Å². The van der Waals surface area contributed by atoms with Gasteiger partial charge in [0.2, 0.25) is 5.91 Å². The number of nitrogens with zero attached hydrogens (tertiary/aromatic N) is 4. The average molecular weight is 481 g/mol. The van der Waals surface area contributed by atoms with E-state index in [0.29, 0.717) is 43.9 Å². The van der Waals surface area contributed by atoms with Crippen molar-refractivity contribution in [1.29, 1.82) is 0 Å². The summed E-state index contributed by atoms with van der Waals surface area (Å²) in [5, 5.41) is 0. The lowest BCUT2D eigenvalue weighted by Crippen LogP contribution is -2.40. The number of hydrogen-bond donors (Lipinski definition) is 0. The second-order valence-corrected chi connectivity index (χ2v) is 10.2. The monoisotopic (exact) mass is 480 g/mol. The molecule has 0 N–H and O–H groups in total. The normalized spacial score (nSPS) is 14.8. The van der Waals surface area contributed by atoms with Crippen LogP contribution in [0.4, 0.5) is 9.18 Å². The molecule has 2 amide bonds. The van der Waals surface area contributed by atoms with Crippen molar-refractivity contribution in [2.75, 3.05) is 26.2 Å². The summed E-state index contributed by atoms with van der Waals surface area (Å²) in [5.74, 6) is -0.301. The number of hydrogen-bond acceptors (Lipinski definition) is 4. The molecule has 1 aromatic carbocycles. The van der Waals surface area contributed by atoms with Crippen molar-refractivity contribution in [3.8, 4) is 11.3 Å². The van der Waals surface area contributed by atoms with Crippen LogP contribution in [0.3, 0.4) is 0 Å². The predicted octanol–water partition coefficient (Wildman–Crippen LogP) is 4.77. The molecule has 0 unspecified atom stereocenters. The number of fused-ring (bicyclic) bond motifs is 1. The number of pyridine rings is 1. The van der Waals surface area contributed by atoms with Crippen LogP contribution in [-0.2, 0) is 16.0 Å². The fraction of sp³-hybridized carbons (Fsp3) is 0.444. The van der Waals surface area contributed by atoms with E-state index in [9.17, 15) is 14.0 Å². The summed E-state index contributed by atoms with van der Waals surface area (Å²) in [6.45, 7) is 11.2. The molecule has 3 aromatic rings. The van der Waals surface area contributed by atoms with E-state index in [2.05, 4.69) is 0 Å². The van der Waals surface area contributed by atoms with Crippen LogP contribution in [0.5, 0.6) is 0 Å². The fourth-order valence-electron chi connectivity index (χ4n) is 4.32. The Kier molecular flexibility index (Phi) is 6.83. The largest absolute Gasteiger partial charge is 0.444 e. The number of halogens is 1. The smallest absolute Gasteiger partial charge is 0.410 e. The van der Waals surface area contributed by atoms with Crippen LogP contribution in [0.25, 0.3) is 16.9 Å². The zero-order valence-corrected chi connectivity index (χ0v) is 21.1. The minimum atomic E-state index is -0.560. The lowest BCUT2D eigenvalue weighted by molar-refractivity contribution is -0.130. The van der Waals surface area contributed by atoms with Gasteiger partial charge in [0.05, 0.1) is 17.8 Å². The van der Waals surface area contributed by atoms with Crippen molar-refractivity contribution in [3.05, 3.63) is 59.2 Å². The minimum Gasteiger partial charge on any atom is -0.444 e. The molecule has 1 fully saturated rings. The summed E-state index contributed by atoms with van der Waals surface area (Å²) < 4.78 is 21.4. The van der Waals surface area contributed by atoms with Gasteiger partial charge in [-0.1, -0.05) is 6.07 Å². The minimum absolute atomic E-state index is 0.0283. The highest BCUT2D eigenvalue weighted by molar-refractivity contribution is 5.82. The quantitative estimate of drug-likeness (QED) is 0.542. The van der Waals surface area contributed by atoms with E-state index in [1.807, 2.05) is 50.4 Å². The van der Waals surface area contributed by atoms with Crippen LogP contribution in [0.1, 0.15) is 44.0 Å². The second-order valence-electron chi connectivity index (χ2n) is 10.2. The maximum Gasteiger partial charge on any atom is 0.410 e. The van der Waals surface area contributed by atoms with E-state index in [1.165, 1.54) is 6.07 Å². The molecule has 7 nitrogen and oxygen atoms in total. The van der Waals surface area contributed by atoms with Crippen LogP contribution >= 0.6 is 0 Å². The van der Waals surface area contributed by atoms with E-state index >= 15 is 0 Å². The van der Waals surface area contributed by atoms with Crippen molar-refractivity contribution < 1.29 is 18.7 Å². The first-order valence-electron chi connectivity index (χ1n) is 12.0. The first-order chi connectivity index (χ1) is 16.5. The van der Waals surface area contributed by atoms with Gasteiger partial charge in [-0.15, -0.1) is 0 Å². The molecule has 0 aliphatic carbocycles. The lowest BCUT2D eigenvalue weighted by Gasteiger charge is -2.26. The molecule has 3 heterocycles. The number of ether oxygens (including phenoxy) is 1. The van der Waals surface area contributed by atoms with Crippen molar-refractivity contribution in [2.45, 2.75) is 53.1 Å². The molecule has 4 rings (SSSR count). The third kappa shape index (κ3) is 5.63. The molecule has 0 atom stereocenters. The summed E-state index contributed by atoms with van der Waals surface area (Å²) in [4.78, 5) is 34.2. The van der Waals surface area contributed by atoms with Crippen molar-refractivity contribution in [3.63, 3.8) is 0 Å². The van der Waals surface area contributed by atoms with E-state index in [4.69, 9.17) is 9.72 Å². The zero-order valence-electron chi connectivity index (χ0n) is 21.1. The van der Waals surface area contributed by atoms with Crippen LogP contribution in [0, 0.1) is 19.7 Å². The number of aryl methyl sites for hydroxylation is 2. The predicted molar refractivity (Wildman–Crippen MR) is 133 cm³/mol. The summed E-state index contributed by atoms with van der Waals surface area (Å²) in [5.41, 5.74) is 3.98. The Labute approximate surface area is 205 Å². The molecule has 1 aliphatic heterocycles. The number of benzene rings is 1. The van der Waals surface area contributed by atoms with Crippen molar-refractivity contribution in [1.82, 2.24) is 19.2 Å². The van der Waals surface area contributed by atoms with Gasteiger partial charge in [0.15, 0.2) is 0 Å². The molecule has 0 saturated carbocycles. The summed E-state index contributed by atoms with van der Waals surface area (Å²) in [6, 6.07) is 8.81. The molecule has 1 aliphatic rings. The molecule has 8 heteroatoms. The highest BCUT2D eigenvalue weighted by Gasteiger charge is 2.27. The van der Waals surface area contributed by atoms with Gasteiger partial charge in [-0.05, 0) is 76.4 Å². The van der Waals surface area contributed by atoms with E-state index < -0.39 is 5.60 Å². The Bertz CT molecular complexity index is 1260. The molecular weight excluding hydrogens is 447 g/mol.